The normalized spacial score (nSPS) is 15.3. The molecule has 0 radical (unpaired) electrons. The van der Waals surface area contributed by atoms with Crippen LogP contribution in [0.2, 0.25) is 0 Å². The summed E-state index contributed by atoms with van der Waals surface area (Å²) in [6, 6.07) is 55.7. The molecule has 3 heteroatoms. The second-order valence-corrected chi connectivity index (χ2v) is 13.5. The van der Waals surface area contributed by atoms with Crippen molar-refractivity contribution in [3.8, 4) is 22.3 Å². The number of benzene rings is 8. The first-order valence-electron chi connectivity index (χ1n) is 17.5. The second kappa shape index (κ2) is 10.9. The smallest absolute Gasteiger partial charge is 0.159 e. The zero-order valence-electron chi connectivity index (χ0n) is 27.6. The SMILES string of the molecule is C1=CC2N=C(c3ccc(-c4ccc(-c5cc6ccc7cccc8c9ccccc9c9ccccc9c(c5)c6c78)cc4)c4ccccc34)N=C2N=C1. The molecule has 2 aliphatic rings. The Hall–Kier alpha value is -6.71. The van der Waals surface area contributed by atoms with Crippen LogP contribution in [0.1, 0.15) is 5.56 Å². The van der Waals surface area contributed by atoms with Gasteiger partial charge in [-0.25, -0.2) is 9.98 Å². The van der Waals surface area contributed by atoms with Gasteiger partial charge in [-0.3, -0.25) is 4.99 Å². The van der Waals surface area contributed by atoms with Crippen LogP contribution in [0.5, 0.6) is 0 Å². The van der Waals surface area contributed by atoms with Gasteiger partial charge >= 0.3 is 0 Å². The van der Waals surface area contributed by atoms with Crippen molar-refractivity contribution in [1.29, 1.82) is 0 Å². The number of fused-ring (bicyclic) bond motifs is 7. The van der Waals surface area contributed by atoms with E-state index in [1.807, 2.05) is 12.2 Å². The monoisotopic (exact) mass is 647 g/mol. The molecule has 0 spiro atoms. The summed E-state index contributed by atoms with van der Waals surface area (Å²) >= 11 is 0. The molecule has 0 amide bonds. The quantitative estimate of drug-likeness (QED) is 0.171. The van der Waals surface area contributed by atoms with Crippen LogP contribution in [0, 0.1) is 0 Å². The lowest BCUT2D eigenvalue weighted by Gasteiger charge is -2.15. The predicted molar refractivity (Wildman–Crippen MR) is 218 cm³/mol. The van der Waals surface area contributed by atoms with Gasteiger partial charge in [0, 0.05) is 11.8 Å². The van der Waals surface area contributed by atoms with Crippen LogP contribution < -0.4 is 0 Å². The summed E-state index contributed by atoms with van der Waals surface area (Å²) in [6.45, 7) is 0. The number of allylic oxidation sites excluding steroid dienone is 1. The molecule has 0 saturated heterocycles. The van der Waals surface area contributed by atoms with E-state index in [-0.39, 0.29) is 6.04 Å². The largest absolute Gasteiger partial charge is 0.250 e. The minimum absolute atomic E-state index is 0.0977. The number of nitrogens with zero attached hydrogens (tertiary/aromatic N) is 3. The van der Waals surface area contributed by atoms with E-state index in [9.17, 15) is 0 Å². The highest BCUT2D eigenvalue weighted by atomic mass is 15.1. The van der Waals surface area contributed by atoms with Crippen LogP contribution in [0.15, 0.2) is 179 Å². The maximum Gasteiger partial charge on any atom is 0.159 e. The van der Waals surface area contributed by atoms with Gasteiger partial charge in [-0.15, -0.1) is 0 Å². The summed E-state index contributed by atoms with van der Waals surface area (Å²) in [5.74, 6) is 1.50. The lowest BCUT2D eigenvalue weighted by Crippen LogP contribution is -2.12. The van der Waals surface area contributed by atoms with Gasteiger partial charge in [0.1, 0.15) is 6.04 Å². The van der Waals surface area contributed by atoms with Crippen LogP contribution in [0.3, 0.4) is 0 Å². The van der Waals surface area contributed by atoms with Crippen molar-refractivity contribution in [2.75, 3.05) is 0 Å². The lowest BCUT2D eigenvalue weighted by atomic mass is 9.88. The van der Waals surface area contributed by atoms with Crippen molar-refractivity contribution >= 4 is 82.5 Å². The van der Waals surface area contributed by atoms with Crippen LogP contribution >= 0.6 is 0 Å². The van der Waals surface area contributed by atoms with Crippen LogP contribution in [-0.2, 0) is 0 Å². The minimum atomic E-state index is -0.0977. The molecule has 51 heavy (non-hydrogen) atoms. The van der Waals surface area contributed by atoms with E-state index >= 15 is 0 Å². The third kappa shape index (κ3) is 4.28. The number of dihydropyridines is 1. The average molecular weight is 648 g/mol. The Morgan fingerprint density at radius 2 is 1.00 bits per heavy atom. The maximum absolute atomic E-state index is 4.88. The highest BCUT2D eigenvalue weighted by Crippen LogP contribution is 2.42. The molecular formula is C48H29N3. The molecule has 3 nitrogen and oxygen atoms in total. The average Bonchev–Trinajstić information content (AvgIpc) is 3.63. The zero-order chi connectivity index (χ0) is 33.5. The summed E-state index contributed by atoms with van der Waals surface area (Å²) < 4.78 is 0. The molecule has 11 rings (SSSR count). The fourth-order valence-electron chi connectivity index (χ4n) is 8.37. The zero-order valence-corrected chi connectivity index (χ0v) is 27.6. The maximum atomic E-state index is 4.88. The van der Waals surface area contributed by atoms with Gasteiger partial charge in [0.2, 0.25) is 0 Å². The Balaban J connectivity index is 1.09. The van der Waals surface area contributed by atoms with E-state index in [1.54, 1.807) is 6.21 Å². The van der Waals surface area contributed by atoms with Crippen molar-refractivity contribution in [2.45, 2.75) is 6.04 Å². The number of aliphatic imine (C=N–C) groups is 3. The number of amidine groups is 2. The van der Waals surface area contributed by atoms with Crippen LogP contribution in [0.25, 0.3) is 86.9 Å². The van der Waals surface area contributed by atoms with Gasteiger partial charge in [0.05, 0.1) is 0 Å². The highest BCUT2D eigenvalue weighted by molar-refractivity contribution is 6.33. The predicted octanol–water partition coefficient (Wildman–Crippen LogP) is 12.1. The molecule has 9 aromatic carbocycles. The molecule has 0 aromatic heterocycles. The summed E-state index contributed by atoms with van der Waals surface area (Å²) in [4.78, 5) is 14.1. The Morgan fingerprint density at radius 1 is 0.412 bits per heavy atom. The fraction of sp³-hybridized carbons (Fsp3) is 0.0208. The Kier molecular flexibility index (Phi) is 6.02. The molecule has 0 aliphatic carbocycles. The second-order valence-electron chi connectivity index (χ2n) is 13.5. The number of hydrogen-bond acceptors (Lipinski definition) is 3. The molecule has 2 heterocycles. The Morgan fingerprint density at radius 3 is 1.75 bits per heavy atom. The van der Waals surface area contributed by atoms with E-state index < -0.39 is 0 Å². The summed E-state index contributed by atoms with van der Waals surface area (Å²) in [6.07, 6.45) is 5.76. The van der Waals surface area contributed by atoms with Crippen LogP contribution in [0.4, 0.5) is 0 Å². The summed E-state index contributed by atoms with van der Waals surface area (Å²) in [5.41, 5.74) is 5.80. The molecule has 1 atom stereocenters. The Labute approximate surface area is 294 Å². The van der Waals surface area contributed by atoms with Crippen molar-refractivity contribution in [3.63, 3.8) is 0 Å². The molecule has 1 unspecified atom stereocenters. The molecule has 236 valence electrons. The van der Waals surface area contributed by atoms with Crippen LogP contribution in [-0.4, -0.2) is 23.9 Å². The van der Waals surface area contributed by atoms with Gasteiger partial charge in [0.25, 0.3) is 0 Å². The number of hydrogen-bond donors (Lipinski definition) is 0. The first-order valence-corrected chi connectivity index (χ1v) is 17.5. The molecule has 0 fully saturated rings. The van der Waals surface area contributed by atoms with Gasteiger partial charge in [0.15, 0.2) is 11.7 Å². The fourth-order valence-corrected chi connectivity index (χ4v) is 8.37. The highest BCUT2D eigenvalue weighted by Gasteiger charge is 2.23. The summed E-state index contributed by atoms with van der Waals surface area (Å²) in [7, 11) is 0. The topological polar surface area (TPSA) is 37.1 Å². The van der Waals surface area contributed by atoms with E-state index in [0.29, 0.717) is 0 Å². The van der Waals surface area contributed by atoms with E-state index in [2.05, 4.69) is 157 Å². The van der Waals surface area contributed by atoms with E-state index in [0.717, 1.165) is 22.6 Å². The lowest BCUT2D eigenvalue weighted by molar-refractivity contribution is 1.09. The van der Waals surface area contributed by atoms with Crippen molar-refractivity contribution < 1.29 is 0 Å². The first-order chi connectivity index (χ1) is 25.3. The van der Waals surface area contributed by atoms with E-state index in [1.165, 1.54) is 81.5 Å². The van der Waals surface area contributed by atoms with E-state index in [4.69, 9.17) is 9.98 Å². The van der Waals surface area contributed by atoms with Gasteiger partial charge < -0.3 is 0 Å². The molecule has 0 bridgehead atoms. The standard InChI is InChI=1S/C48H29N3/c1-5-14-39-35(10-1)34(24-25-42(39)47-50-44-17-8-26-49-48(44)51-47)30-20-18-29(19-21-30)33-27-32-23-22-31-9-7-16-41-38-13-4-2-11-36(38)37-12-3-6-15-40(37)43(28-33)46(32)45(31)41/h1-28,44H. The Bertz CT molecular complexity index is 3070. The van der Waals surface area contributed by atoms with Gasteiger partial charge in [-0.05, 0) is 111 Å². The molecule has 2 aliphatic heterocycles. The number of rotatable bonds is 3. The molecule has 0 N–H and O–H groups in total. The van der Waals surface area contributed by atoms with Gasteiger partial charge in [-0.1, -0.05) is 140 Å². The summed E-state index contributed by atoms with van der Waals surface area (Å²) in [5, 5.41) is 15.1. The third-order valence-electron chi connectivity index (χ3n) is 10.7. The molecule has 9 aromatic rings. The first kappa shape index (κ1) is 28.2. The van der Waals surface area contributed by atoms with Crippen molar-refractivity contribution in [1.82, 2.24) is 0 Å². The van der Waals surface area contributed by atoms with Gasteiger partial charge in [-0.2, -0.15) is 0 Å². The third-order valence-corrected chi connectivity index (χ3v) is 10.7. The van der Waals surface area contributed by atoms with Crippen molar-refractivity contribution in [2.24, 2.45) is 15.0 Å². The minimum Gasteiger partial charge on any atom is -0.250 e. The molecular weight excluding hydrogens is 619 g/mol. The van der Waals surface area contributed by atoms with Crippen molar-refractivity contribution in [3.05, 3.63) is 169 Å². The molecule has 0 saturated carbocycles.